The minimum Gasteiger partial charge on any atom is -0.368 e. The monoisotopic (exact) mass is 353 g/mol. The molecular formula is C20H27N5O. The van der Waals surface area contributed by atoms with Crippen molar-refractivity contribution < 1.29 is 4.79 Å². The molecule has 138 valence electrons. The number of amides is 1. The van der Waals surface area contributed by atoms with Gasteiger partial charge in [-0.3, -0.25) is 4.79 Å². The molecule has 2 heterocycles. The Morgan fingerprint density at radius 3 is 2.50 bits per heavy atom. The Morgan fingerprint density at radius 2 is 1.81 bits per heavy atom. The quantitative estimate of drug-likeness (QED) is 0.895. The van der Waals surface area contributed by atoms with Gasteiger partial charge in [-0.05, 0) is 38.0 Å². The van der Waals surface area contributed by atoms with Crippen LogP contribution in [0.3, 0.4) is 0 Å². The number of benzene rings is 1. The Kier molecular flexibility index (Phi) is 5.71. The Balaban J connectivity index is 1.69. The lowest BCUT2D eigenvalue weighted by molar-refractivity contribution is 0.0948. The number of piperazine rings is 1. The van der Waals surface area contributed by atoms with Crippen LogP contribution in [0.4, 0.5) is 11.5 Å². The van der Waals surface area contributed by atoms with E-state index in [1.807, 2.05) is 13.8 Å². The molecule has 0 unspecified atom stereocenters. The molecule has 0 aliphatic carbocycles. The van der Waals surface area contributed by atoms with Crippen molar-refractivity contribution in [3.8, 4) is 0 Å². The number of nitrogens with zero attached hydrogens (tertiary/aromatic N) is 4. The van der Waals surface area contributed by atoms with Crippen molar-refractivity contribution in [2.24, 2.45) is 0 Å². The largest absolute Gasteiger partial charge is 0.368 e. The molecule has 1 N–H and O–H groups in total. The van der Waals surface area contributed by atoms with Crippen LogP contribution in [-0.2, 0) is 0 Å². The summed E-state index contributed by atoms with van der Waals surface area (Å²) < 4.78 is 0. The summed E-state index contributed by atoms with van der Waals surface area (Å²) in [5.74, 6) is 1.34. The lowest BCUT2D eigenvalue weighted by atomic mass is 10.2. The number of carbonyl (C=O) groups is 1. The average Bonchev–Trinajstić information content (AvgIpc) is 2.65. The fourth-order valence-electron chi connectivity index (χ4n) is 3.18. The van der Waals surface area contributed by atoms with E-state index in [0.717, 1.165) is 38.4 Å². The highest BCUT2D eigenvalue weighted by atomic mass is 16.1. The number of anilines is 2. The van der Waals surface area contributed by atoms with Crippen LogP contribution in [0.2, 0.25) is 0 Å². The number of nitrogens with one attached hydrogen (secondary N) is 1. The van der Waals surface area contributed by atoms with Gasteiger partial charge in [-0.1, -0.05) is 19.1 Å². The number of aromatic nitrogens is 2. The van der Waals surface area contributed by atoms with Crippen LogP contribution in [0.25, 0.3) is 0 Å². The molecule has 1 amide bonds. The number of hydrogen-bond acceptors (Lipinski definition) is 5. The van der Waals surface area contributed by atoms with E-state index in [9.17, 15) is 4.79 Å². The normalized spacial score (nSPS) is 14.4. The van der Waals surface area contributed by atoms with Gasteiger partial charge in [0.05, 0.1) is 0 Å². The molecule has 1 fully saturated rings. The van der Waals surface area contributed by atoms with Gasteiger partial charge in [-0.15, -0.1) is 0 Å². The Hall–Kier alpha value is -2.63. The molecule has 0 bridgehead atoms. The third-order valence-electron chi connectivity index (χ3n) is 4.56. The Labute approximate surface area is 155 Å². The molecular weight excluding hydrogens is 326 g/mol. The molecule has 2 aromatic rings. The summed E-state index contributed by atoms with van der Waals surface area (Å²) in [6, 6.07) is 10.4. The first-order valence-corrected chi connectivity index (χ1v) is 9.27. The molecule has 6 heteroatoms. The first-order chi connectivity index (χ1) is 12.6. The van der Waals surface area contributed by atoms with Crippen molar-refractivity contribution >= 4 is 17.4 Å². The van der Waals surface area contributed by atoms with E-state index in [1.54, 1.807) is 6.07 Å². The Bertz CT molecular complexity index is 769. The van der Waals surface area contributed by atoms with Crippen LogP contribution in [-0.4, -0.2) is 48.6 Å². The first-order valence-electron chi connectivity index (χ1n) is 9.27. The SMILES string of the molecule is CCCNC(=O)c1cc(N2CCN(c3cccc(C)c3)CC2)nc(C)n1. The molecule has 1 aromatic carbocycles. The average molecular weight is 353 g/mol. The summed E-state index contributed by atoms with van der Waals surface area (Å²) in [4.78, 5) is 25.7. The van der Waals surface area contributed by atoms with E-state index in [0.29, 0.717) is 18.1 Å². The van der Waals surface area contributed by atoms with Crippen molar-refractivity contribution in [2.75, 3.05) is 42.5 Å². The van der Waals surface area contributed by atoms with E-state index >= 15 is 0 Å². The topological polar surface area (TPSA) is 61.4 Å². The van der Waals surface area contributed by atoms with E-state index in [1.165, 1.54) is 11.3 Å². The summed E-state index contributed by atoms with van der Waals surface area (Å²) in [6.45, 7) is 10.3. The highest BCUT2D eigenvalue weighted by molar-refractivity contribution is 5.92. The van der Waals surface area contributed by atoms with Gasteiger partial charge in [0.1, 0.15) is 17.3 Å². The van der Waals surface area contributed by atoms with E-state index in [-0.39, 0.29) is 5.91 Å². The molecule has 0 spiro atoms. The van der Waals surface area contributed by atoms with Crippen LogP contribution in [0.1, 0.15) is 35.2 Å². The number of carbonyl (C=O) groups excluding carboxylic acids is 1. The second kappa shape index (κ2) is 8.17. The van der Waals surface area contributed by atoms with E-state index < -0.39 is 0 Å². The summed E-state index contributed by atoms with van der Waals surface area (Å²) >= 11 is 0. The third kappa shape index (κ3) is 4.31. The van der Waals surface area contributed by atoms with E-state index in [2.05, 4.69) is 56.3 Å². The molecule has 26 heavy (non-hydrogen) atoms. The number of rotatable bonds is 5. The van der Waals surface area contributed by atoms with Crippen LogP contribution in [0.15, 0.2) is 30.3 Å². The molecule has 0 radical (unpaired) electrons. The zero-order chi connectivity index (χ0) is 18.5. The maximum absolute atomic E-state index is 12.2. The molecule has 6 nitrogen and oxygen atoms in total. The zero-order valence-electron chi connectivity index (χ0n) is 15.8. The van der Waals surface area contributed by atoms with Crippen molar-refractivity contribution in [2.45, 2.75) is 27.2 Å². The molecule has 1 aliphatic rings. The standard InChI is InChI=1S/C20H27N5O/c1-4-8-21-20(26)18-14-19(23-16(3)22-18)25-11-9-24(10-12-25)17-7-5-6-15(2)13-17/h5-7,13-14H,4,8-12H2,1-3H3,(H,21,26). The van der Waals surface area contributed by atoms with Crippen molar-refractivity contribution in [3.05, 3.63) is 47.4 Å². The first kappa shape index (κ1) is 18.2. The van der Waals surface area contributed by atoms with Gasteiger partial charge in [0.15, 0.2) is 0 Å². The predicted molar refractivity (Wildman–Crippen MR) is 105 cm³/mol. The third-order valence-corrected chi connectivity index (χ3v) is 4.56. The van der Waals surface area contributed by atoms with Crippen LogP contribution in [0, 0.1) is 13.8 Å². The summed E-state index contributed by atoms with van der Waals surface area (Å²) in [6.07, 6.45) is 0.906. The van der Waals surface area contributed by atoms with Gasteiger partial charge in [-0.25, -0.2) is 9.97 Å². The fraction of sp³-hybridized carbons (Fsp3) is 0.450. The van der Waals surface area contributed by atoms with E-state index in [4.69, 9.17) is 0 Å². The molecule has 1 saturated heterocycles. The van der Waals surface area contributed by atoms with Gasteiger partial charge in [0, 0.05) is 44.5 Å². The molecule has 0 saturated carbocycles. The maximum atomic E-state index is 12.2. The highest BCUT2D eigenvalue weighted by Crippen LogP contribution is 2.20. The van der Waals surface area contributed by atoms with Crippen molar-refractivity contribution in [3.63, 3.8) is 0 Å². The highest BCUT2D eigenvalue weighted by Gasteiger charge is 2.20. The second-order valence-corrected chi connectivity index (χ2v) is 6.73. The molecule has 3 rings (SSSR count). The summed E-state index contributed by atoms with van der Waals surface area (Å²) in [5, 5.41) is 2.88. The summed E-state index contributed by atoms with van der Waals surface area (Å²) in [5.41, 5.74) is 2.99. The smallest absolute Gasteiger partial charge is 0.270 e. The lowest BCUT2D eigenvalue weighted by Crippen LogP contribution is -2.47. The van der Waals surface area contributed by atoms with Gasteiger partial charge in [0.2, 0.25) is 0 Å². The van der Waals surface area contributed by atoms with Gasteiger partial charge >= 0.3 is 0 Å². The summed E-state index contributed by atoms with van der Waals surface area (Å²) in [7, 11) is 0. The van der Waals surface area contributed by atoms with Gasteiger partial charge in [0.25, 0.3) is 5.91 Å². The number of hydrogen-bond donors (Lipinski definition) is 1. The minimum atomic E-state index is -0.128. The number of aryl methyl sites for hydroxylation is 2. The van der Waals surface area contributed by atoms with Crippen LogP contribution < -0.4 is 15.1 Å². The Morgan fingerprint density at radius 1 is 1.08 bits per heavy atom. The predicted octanol–water partition coefficient (Wildman–Crippen LogP) is 2.56. The molecule has 1 aromatic heterocycles. The van der Waals surface area contributed by atoms with Crippen LogP contribution >= 0.6 is 0 Å². The molecule has 0 atom stereocenters. The van der Waals surface area contributed by atoms with Gasteiger partial charge < -0.3 is 15.1 Å². The minimum absolute atomic E-state index is 0.128. The van der Waals surface area contributed by atoms with Crippen molar-refractivity contribution in [1.82, 2.24) is 15.3 Å². The van der Waals surface area contributed by atoms with Crippen LogP contribution in [0.5, 0.6) is 0 Å². The molecule has 1 aliphatic heterocycles. The maximum Gasteiger partial charge on any atom is 0.270 e. The zero-order valence-corrected chi connectivity index (χ0v) is 15.8. The fourth-order valence-corrected chi connectivity index (χ4v) is 3.18. The lowest BCUT2D eigenvalue weighted by Gasteiger charge is -2.37. The second-order valence-electron chi connectivity index (χ2n) is 6.73. The van der Waals surface area contributed by atoms with Gasteiger partial charge in [-0.2, -0.15) is 0 Å². The van der Waals surface area contributed by atoms with Crippen molar-refractivity contribution in [1.29, 1.82) is 0 Å².